The van der Waals surface area contributed by atoms with Crippen LogP contribution in [0.4, 0.5) is 0 Å². The molecule has 1 heterocycles. The number of hydrogen-bond donors (Lipinski definition) is 1. The van der Waals surface area contributed by atoms with Crippen LogP contribution in [0.15, 0.2) is 6.20 Å². The molecule has 15 heavy (non-hydrogen) atoms. The molecule has 4 heteroatoms. The molecule has 1 aromatic rings. The van der Waals surface area contributed by atoms with Crippen LogP contribution in [0, 0.1) is 0 Å². The first-order valence-corrected chi connectivity index (χ1v) is 6.00. The second-order valence-corrected chi connectivity index (χ2v) is 4.16. The first kappa shape index (κ1) is 12.5. The summed E-state index contributed by atoms with van der Waals surface area (Å²) in [6.07, 6.45) is 3.82. The standard InChI is InChI=1S/C11H20ClN3/c1-4-13-9(3)6-7-11-10(12)8-14-15(11)5-2/h8-9,13H,4-7H2,1-3H3. The molecule has 0 bridgehead atoms. The van der Waals surface area contributed by atoms with Crippen molar-refractivity contribution >= 4 is 11.6 Å². The number of aryl methyl sites for hydroxylation is 1. The third kappa shape index (κ3) is 3.50. The van der Waals surface area contributed by atoms with E-state index in [1.165, 1.54) is 0 Å². The molecule has 0 radical (unpaired) electrons. The minimum atomic E-state index is 0.534. The Morgan fingerprint density at radius 2 is 2.27 bits per heavy atom. The molecule has 1 N–H and O–H groups in total. The molecule has 0 aliphatic carbocycles. The fraction of sp³-hybridized carbons (Fsp3) is 0.727. The maximum atomic E-state index is 6.08. The van der Waals surface area contributed by atoms with E-state index in [0.717, 1.165) is 36.6 Å². The summed E-state index contributed by atoms with van der Waals surface area (Å²) < 4.78 is 1.97. The maximum absolute atomic E-state index is 6.08. The van der Waals surface area contributed by atoms with Crippen LogP contribution in [-0.2, 0) is 13.0 Å². The topological polar surface area (TPSA) is 29.9 Å². The van der Waals surface area contributed by atoms with Gasteiger partial charge in [-0.25, -0.2) is 0 Å². The van der Waals surface area contributed by atoms with Crippen LogP contribution < -0.4 is 5.32 Å². The smallest absolute Gasteiger partial charge is 0.0817 e. The van der Waals surface area contributed by atoms with Crippen molar-refractivity contribution in [1.82, 2.24) is 15.1 Å². The molecule has 1 rings (SSSR count). The molecule has 1 atom stereocenters. The SMILES string of the molecule is CCNC(C)CCc1c(Cl)cnn1CC. The minimum absolute atomic E-state index is 0.534. The Labute approximate surface area is 96.8 Å². The van der Waals surface area contributed by atoms with E-state index in [9.17, 15) is 0 Å². The summed E-state index contributed by atoms with van der Waals surface area (Å²) in [5, 5.41) is 8.41. The lowest BCUT2D eigenvalue weighted by molar-refractivity contribution is 0.514. The average Bonchev–Trinajstić information content (AvgIpc) is 2.57. The summed E-state index contributed by atoms with van der Waals surface area (Å²) >= 11 is 6.08. The first-order chi connectivity index (χ1) is 7.19. The van der Waals surface area contributed by atoms with Gasteiger partial charge in [0.15, 0.2) is 0 Å². The van der Waals surface area contributed by atoms with Crippen LogP contribution >= 0.6 is 11.6 Å². The molecule has 3 nitrogen and oxygen atoms in total. The van der Waals surface area contributed by atoms with Crippen molar-refractivity contribution in [2.24, 2.45) is 0 Å². The van der Waals surface area contributed by atoms with Gasteiger partial charge in [-0.15, -0.1) is 0 Å². The van der Waals surface area contributed by atoms with E-state index in [1.54, 1.807) is 6.20 Å². The van der Waals surface area contributed by atoms with Crippen molar-refractivity contribution in [3.63, 3.8) is 0 Å². The van der Waals surface area contributed by atoms with Crippen molar-refractivity contribution in [2.75, 3.05) is 6.54 Å². The van der Waals surface area contributed by atoms with Crippen LogP contribution in [0.25, 0.3) is 0 Å². The van der Waals surface area contributed by atoms with E-state index in [0.29, 0.717) is 6.04 Å². The highest BCUT2D eigenvalue weighted by Crippen LogP contribution is 2.17. The summed E-state index contributed by atoms with van der Waals surface area (Å²) in [5.74, 6) is 0. The van der Waals surface area contributed by atoms with Gasteiger partial charge in [0, 0.05) is 12.6 Å². The Bertz CT molecular complexity index is 296. The van der Waals surface area contributed by atoms with Gasteiger partial charge < -0.3 is 5.32 Å². The van der Waals surface area contributed by atoms with Gasteiger partial charge >= 0.3 is 0 Å². The molecule has 86 valence electrons. The average molecular weight is 230 g/mol. The number of nitrogens with zero attached hydrogens (tertiary/aromatic N) is 2. The third-order valence-corrected chi connectivity index (χ3v) is 2.88. The predicted molar refractivity (Wildman–Crippen MR) is 64.4 cm³/mol. The zero-order chi connectivity index (χ0) is 11.3. The van der Waals surface area contributed by atoms with E-state index in [-0.39, 0.29) is 0 Å². The van der Waals surface area contributed by atoms with E-state index in [1.807, 2.05) is 4.68 Å². The monoisotopic (exact) mass is 229 g/mol. The molecule has 0 fully saturated rings. The fourth-order valence-corrected chi connectivity index (χ4v) is 1.95. The van der Waals surface area contributed by atoms with E-state index in [4.69, 9.17) is 11.6 Å². The van der Waals surface area contributed by atoms with Crippen molar-refractivity contribution in [3.8, 4) is 0 Å². The molecule has 0 spiro atoms. The van der Waals surface area contributed by atoms with Crippen LogP contribution in [-0.4, -0.2) is 22.4 Å². The van der Waals surface area contributed by atoms with Gasteiger partial charge in [-0.1, -0.05) is 18.5 Å². The molecule has 0 saturated carbocycles. The van der Waals surface area contributed by atoms with Gasteiger partial charge in [0.05, 0.1) is 16.9 Å². The van der Waals surface area contributed by atoms with Gasteiger partial charge in [-0.3, -0.25) is 4.68 Å². The number of nitrogens with one attached hydrogen (secondary N) is 1. The number of halogens is 1. The predicted octanol–water partition coefficient (Wildman–Crippen LogP) is 2.49. The van der Waals surface area contributed by atoms with Crippen LogP contribution in [0.5, 0.6) is 0 Å². The van der Waals surface area contributed by atoms with Crippen LogP contribution in [0.1, 0.15) is 32.9 Å². The summed E-state index contributed by atoms with van der Waals surface area (Å²) in [6, 6.07) is 0.534. The van der Waals surface area contributed by atoms with Gasteiger partial charge in [0.2, 0.25) is 0 Å². The van der Waals surface area contributed by atoms with Crippen molar-refractivity contribution < 1.29 is 0 Å². The highest BCUT2D eigenvalue weighted by Gasteiger charge is 2.09. The largest absolute Gasteiger partial charge is 0.315 e. The molecular formula is C11H20ClN3. The fourth-order valence-electron chi connectivity index (χ4n) is 1.71. The second kappa shape index (κ2) is 6.13. The van der Waals surface area contributed by atoms with E-state index in [2.05, 4.69) is 31.2 Å². The molecule has 0 aliphatic rings. The molecule has 1 unspecified atom stereocenters. The minimum Gasteiger partial charge on any atom is -0.315 e. The van der Waals surface area contributed by atoms with Crippen LogP contribution in [0.3, 0.4) is 0 Å². The molecule has 0 saturated heterocycles. The van der Waals surface area contributed by atoms with Crippen molar-refractivity contribution in [3.05, 3.63) is 16.9 Å². The number of rotatable bonds is 6. The quantitative estimate of drug-likeness (QED) is 0.813. The van der Waals surface area contributed by atoms with Gasteiger partial charge in [0.25, 0.3) is 0 Å². The summed E-state index contributed by atoms with van der Waals surface area (Å²) in [5.41, 5.74) is 1.16. The zero-order valence-corrected chi connectivity index (χ0v) is 10.5. The second-order valence-electron chi connectivity index (χ2n) is 3.75. The number of hydrogen-bond acceptors (Lipinski definition) is 2. The maximum Gasteiger partial charge on any atom is 0.0817 e. The third-order valence-electron chi connectivity index (χ3n) is 2.56. The Morgan fingerprint density at radius 3 is 2.87 bits per heavy atom. The Morgan fingerprint density at radius 1 is 1.53 bits per heavy atom. The van der Waals surface area contributed by atoms with Gasteiger partial charge in [-0.05, 0) is 33.2 Å². The summed E-state index contributed by atoms with van der Waals surface area (Å²) in [6.45, 7) is 8.31. The van der Waals surface area contributed by atoms with E-state index < -0.39 is 0 Å². The van der Waals surface area contributed by atoms with Gasteiger partial charge in [0.1, 0.15) is 0 Å². The molecule has 0 aromatic carbocycles. The van der Waals surface area contributed by atoms with Crippen LogP contribution in [0.2, 0.25) is 5.02 Å². The highest BCUT2D eigenvalue weighted by atomic mass is 35.5. The molecule has 0 aliphatic heterocycles. The lowest BCUT2D eigenvalue weighted by Gasteiger charge is -2.12. The highest BCUT2D eigenvalue weighted by molar-refractivity contribution is 6.31. The lowest BCUT2D eigenvalue weighted by Crippen LogP contribution is -2.26. The lowest BCUT2D eigenvalue weighted by atomic mass is 10.1. The van der Waals surface area contributed by atoms with Crippen molar-refractivity contribution in [1.29, 1.82) is 0 Å². The van der Waals surface area contributed by atoms with Crippen molar-refractivity contribution in [2.45, 2.75) is 46.2 Å². The molecule has 1 aromatic heterocycles. The Kier molecular flexibility index (Phi) is 5.12. The summed E-state index contributed by atoms with van der Waals surface area (Å²) in [4.78, 5) is 0. The Hall–Kier alpha value is -0.540. The first-order valence-electron chi connectivity index (χ1n) is 5.62. The Balaban J connectivity index is 2.52. The summed E-state index contributed by atoms with van der Waals surface area (Å²) in [7, 11) is 0. The number of aromatic nitrogens is 2. The zero-order valence-electron chi connectivity index (χ0n) is 9.76. The normalized spacial score (nSPS) is 13.1. The van der Waals surface area contributed by atoms with Gasteiger partial charge in [-0.2, -0.15) is 5.10 Å². The molecular weight excluding hydrogens is 210 g/mol. The molecule has 0 amide bonds. The van der Waals surface area contributed by atoms with E-state index >= 15 is 0 Å².